The number of carbonyl (C=O) groups excluding carboxylic acids is 1. The molecule has 24 heavy (non-hydrogen) atoms. The summed E-state index contributed by atoms with van der Waals surface area (Å²) in [5, 5.41) is 0. The van der Waals surface area contributed by atoms with Gasteiger partial charge in [0.15, 0.2) is 5.82 Å². The van der Waals surface area contributed by atoms with Gasteiger partial charge in [-0.1, -0.05) is 0 Å². The molecule has 3 heterocycles. The summed E-state index contributed by atoms with van der Waals surface area (Å²) in [5.74, 6) is 0.725. The summed E-state index contributed by atoms with van der Waals surface area (Å²) in [6.45, 7) is 0.668. The number of aromatic amines is 1. The first-order valence-electron chi connectivity index (χ1n) is 8.07. The van der Waals surface area contributed by atoms with Gasteiger partial charge in [-0.25, -0.2) is 14.4 Å². The van der Waals surface area contributed by atoms with Gasteiger partial charge in [-0.05, 0) is 37.5 Å². The molecule has 3 aromatic rings. The Balaban J connectivity index is 1.70. The predicted octanol–water partition coefficient (Wildman–Crippen LogP) is 2.80. The van der Waals surface area contributed by atoms with Crippen molar-refractivity contribution >= 4 is 16.9 Å². The van der Waals surface area contributed by atoms with Crippen LogP contribution in [0.5, 0.6) is 0 Å². The Bertz CT molecular complexity index is 899. The number of nitrogens with one attached hydrogen (secondary N) is 1. The number of piperidine rings is 1. The van der Waals surface area contributed by atoms with Crippen molar-refractivity contribution in [1.29, 1.82) is 0 Å². The van der Waals surface area contributed by atoms with Gasteiger partial charge in [-0.2, -0.15) is 0 Å². The van der Waals surface area contributed by atoms with Gasteiger partial charge < -0.3 is 14.5 Å². The average molecular weight is 327 g/mol. The van der Waals surface area contributed by atoms with Crippen LogP contribution in [0.1, 0.15) is 41.7 Å². The molecule has 4 rings (SSSR count). The van der Waals surface area contributed by atoms with E-state index in [1.54, 1.807) is 23.0 Å². The summed E-state index contributed by atoms with van der Waals surface area (Å²) in [6, 6.07) is 4.33. The molecule has 1 atom stereocenters. The van der Waals surface area contributed by atoms with E-state index in [1.807, 2.05) is 11.9 Å². The van der Waals surface area contributed by atoms with Gasteiger partial charge in [0.2, 0.25) is 0 Å². The van der Waals surface area contributed by atoms with E-state index >= 15 is 0 Å². The maximum atomic E-state index is 13.4. The third-order valence-electron chi connectivity index (χ3n) is 4.55. The first kappa shape index (κ1) is 14.9. The number of aryl methyl sites for hydroxylation is 1. The maximum Gasteiger partial charge on any atom is 0.290 e. The lowest BCUT2D eigenvalue weighted by Gasteiger charge is -2.34. The summed E-state index contributed by atoms with van der Waals surface area (Å²) in [5.41, 5.74) is 1.36. The third kappa shape index (κ3) is 2.46. The van der Waals surface area contributed by atoms with Crippen molar-refractivity contribution in [3.8, 4) is 0 Å². The highest BCUT2D eigenvalue weighted by atomic mass is 19.1. The molecule has 1 aliphatic rings. The van der Waals surface area contributed by atoms with E-state index in [4.69, 9.17) is 0 Å². The number of carbonyl (C=O) groups is 1. The number of fused-ring (bicyclic) bond motifs is 1. The second-order valence-corrected chi connectivity index (χ2v) is 6.16. The van der Waals surface area contributed by atoms with Crippen molar-refractivity contribution < 1.29 is 9.18 Å². The van der Waals surface area contributed by atoms with Crippen molar-refractivity contribution in [2.24, 2.45) is 7.05 Å². The minimum Gasteiger partial charge on any atom is -0.340 e. The zero-order valence-electron chi connectivity index (χ0n) is 13.4. The average Bonchev–Trinajstić information content (AvgIpc) is 3.19. The number of H-pyrrole nitrogens is 1. The molecule has 1 aliphatic heterocycles. The van der Waals surface area contributed by atoms with E-state index in [-0.39, 0.29) is 17.8 Å². The quantitative estimate of drug-likeness (QED) is 0.787. The Morgan fingerprint density at radius 1 is 1.38 bits per heavy atom. The Morgan fingerprint density at radius 3 is 3.04 bits per heavy atom. The lowest BCUT2D eigenvalue weighted by Crippen LogP contribution is -2.40. The number of hydrogen-bond donors (Lipinski definition) is 1. The van der Waals surface area contributed by atoms with Crippen LogP contribution in [0.4, 0.5) is 4.39 Å². The maximum absolute atomic E-state index is 13.4. The third-order valence-corrected chi connectivity index (χ3v) is 4.55. The van der Waals surface area contributed by atoms with Crippen molar-refractivity contribution in [2.75, 3.05) is 6.54 Å². The van der Waals surface area contributed by atoms with Crippen molar-refractivity contribution in [2.45, 2.75) is 25.3 Å². The molecule has 7 heteroatoms. The summed E-state index contributed by atoms with van der Waals surface area (Å²) < 4.78 is 15.1. The second-order valence-electron chi connectivity index (χ2n) is 6.16. The highest BCUT2D eigenvalue weighted by Crippen LogP contribution is 2.31. The normalized spacial score (nSPS) is 18.2. The Labute approximate surface area is 138 Å². The Hall–Kier alpha value is -2.70. The molecule has 0 spiro atoms. The molecule has 2 aromatic heterocycles. The molecule has 1 N–H and O–H groups in total. The zero-order chi connectivity index (χ0) is 16.7. The van der Waals surface area contributed by atoms with E-state index in [9.17, 15) is 9.18 Å². The largest absolute Gasteiger partial charge is 0.340 e. The van der Waals surface area contributed by atoms with Crippen LogP contribution in [0.25, 0.3) is 11.0 Å². The van der Waals surface area contributed by atoms with Crippen molar-refractivity contribution in [1.82, 2.24) is 24.4 Å². The van der Waals surface area contributed by atoms with Gasteiger partial charge in [-0.15, -0.1) is 0 Å². The molecule has 1 aromatic carbocycles. The van der Waals surface area contributed by atoms with E-state index in [1.165, 1.54) is 12.1 Å². The van der Waals surface area contributed by atoms with E-state index in [2.05, 4.69) is 15.0 Å². The smallest absolute Gasteiger partial charge is 0.290 e. The molecule has 1 fully saturated rings. The number of hydrogen-bond acceptors (Lipinski definition) is 3. The molecular formula is C17H18FN5O. The minimum atomic E-state index is -0.303. The summed E-state index contributed by atoms with van der Waals surface area (Å²) in [6.07, 6.45) is 6.20. The highest BCUT2D eigenvalue weighted by molar-refractivity contribution is 5.91. The van der Waals surface area contributed by atoms with Crippen LogP contribution >= 0.6 is 0 Å². The molecule has 6 nitrogen and oxygen atoms in total. The SMILES string of the molecule is Cn1ccnc1C(=O)N1CCCC[C@@H]1c1nc2ccc(F)cc2[nH]1. The molecular weight excluding hydrogens is 309 g/mol. The van der Waals surface area contributed by atoms with Gasteiger partial charge in [0, 0.05) is 26.0 Å². The summed E-state index contributed by atoms with van der Waals surface area (Å²) >= 11 is 0. The van der Waals surface area contributed by atoms with Gasteiger partial charge in [0.1, 0.15) is 11.6 Å². The molecule has 0 unspecified atom stereocenters. The van der Waals surface area contributed by atoms with Crippen LogP contribution in [0.15, 0.2) is 30.6 Å². The molecule has 0 aliphatic carbocycles. The first-order chi connectivity index (χ1) is 11.6. The molecule has 0 bridgehead atoms. The minimum absolute atomic E-state index is 0.0983. The zero-order valence-corrected chi connectivity index (χ0v) is 13.4. The fourth-order valence-corrected chi connectivity index (χ4v) is 3.32. The number of amides is 1. The first-order valence-corrected chi connectivity index (χ1v) is 8.07. The molecule has 1 saturated heterocycles. The van der Waals surface area contributed by atoms with Crippen LogP contribution in [-0.4, -0.2) is 36.9 Å². The van der Waals surface area contributed by atoms with Gasteiger partial charge in [-0.3, -0.25) is 4.79 Å². The van der Waals surface area contributed by atoms with Crippen LogP contribution in [0.3, 0.4) is 0 Å². The van der Waals surface area contributed by atoms with E-state index in [0.29, 0.717) is 29.2 Å². The van der Waals surface area contributed by atoms with Crippen LogP contribution in [0, 0.1) is 5.82 Å². The number of likely N-dealkylation sites (tertiary alicyclic amines) is 1. The molecule has 0 radical (unpaired) electrons. The lowest BCUT2D eigenvalue weighted by molar-refractivity contribution is 0.0585. The van der Waals surface area contributed by atoms with Gasteiger partial charge >= 0.3 is 0 Å². The van der Waals surface area contributed by atoms with E-state index < -0.39 is 0 Å². The lowest BCUT2D eigenvalue weighted by atomic mass is 10.0. The summed E-state index contributed by atoms with van der Waals surface area (Å²) in [4.78, 5) is 26.6. The predicted molar refractivity (Wildman–Crippen MR) is 86.9 cm³/mol. The number of halogens is 1. The number of rotatable bonds is 2. The van der Waals surface area contributed by atoms with Gasteiger partial charge in [0.05, 0.1) is 17.1 Å². The van der Waals surface area contributed by atoms with E-state index in [0.717, 1.165) is 19.3 Å². The summed E-state index contributed by atoms with van der Waals surface area (Å²) in [7, 11) is 1.81. The fourth-order valence-electron chi connectivity index (χ4n) is 3.32. The monoisotopic (exact) mass is 327 g/mol. The number of aromatic nitrogens is 4. The number of imidazole rings is 2. The standard InChI is InChI=1S/C17H18FN5O/c1-22-9-7-19-16(22)17(24)23-8-3-2-4-14(23)15-20-12-6-5-11(18)10-13(12)21-15/h5-7,9-10,14H,2-4,8H2,1H3,(H,20,21)/t14-/m1/s1. The van der Waals surface area contributed by atoms with Crippen LogP contribution in [0.2, 0.25) is 0 Å². The fraction of sp³-hybridized carbons (Fsp3) is 0.353. The van der Waals surface area contributed by atoms with Crippen molar-refractivity contribution in [3.05, 3.63) is 48.1 Å². The molecule has 0 saturated carbocycles. The number of benzene rings is 1. The molecule has 1 amide bonds. The highest BCUT2D eigenvalue weighted by Gasteiger charge is 2.32. The topological polar surface area (TPSA) is 66.8 Å². The van der Waals surface area contributed by atoms with Crippen LogP contribution < -0.4 is 0 Å². The Morgan fingerprint density at radius 2 is 2.25 bits per heavy atom. The van der Waals surface area contributed by atoms with Crippen LogP contribution in [-0.2, 0) is 7.05 Å². The van der Waals surface area contributed by atoms with Gasteiger partial charge in [0.25, 0.3) is 5.91 Å². The Kier molecular flexibility index (Phi) is 3.55. The van der Waals surface area contributed by atoms with Crippen molar-refractivity contribution in [3.63, 3.8) is 0 Å². The molecule has 124 valence electrons. The second kappa shape index (κ2) is 5.74. The number of nitrogens with zero attached hydrogens (tertiary/aromatic N) is 4.